The zero-order chi connectivity index (χ0) is 17.5. The fourth-order valence-electron chi connectivity index (χ4n) is 3.36. The van der Waals surface area contributed by atoms with Crippen molar-refractivity contribution >= 4 is 5.97 Å². The fourth-order valence-corrected chi connectivity index (χ4v) is 3.36. The molecule has 6 nitrogen and oxygen atoms in total. The zero-order valence-electron chi connectivity index (χ0n) is 15.0. The van der Waals surface area contributed by atoms with Crippen LogP contribution in [0.1, 0.15) is 31.7 Å². The number of piperidine rings is 1. The maximum absolute atomic E-state index is 12.3. The van der Waals surface area contributed by atoms with Crippen LogP contribution in [0.25, 0.3) is 0 Å². The molecule has 1 fully saturated rings. The molecule has 1 aliphatic rings. The van der Waals surface area contributed by atoms with Gasteiger partial charge < -0.3 is 23.8 Å². The third-order valence-electron chi connectivity index (χ3n) is 4.51. The summed E-state index contributed by atoms with van der Waals surface area (Å²) in [6.45, 7) is 3.90. The Balaban J connectivity index is 2.26. The van der Waals surface area contributed by atoms with Gasteiger partial charge in [-0.25, -0.2) is 4.79 Å². The highest BCUT2D eigenvalue weighted by atomic mass is 16.5. The Morgan fingerprint density at radius 3 is 2.50 bits per heavy atom. The third kappa shape index (κ3) is 3.93. The maximum Gasteiger partial charge on any atom is 0.364 e. The van der Waals surface area contributed by atoms with E-state index < -0.39 is 0 Å². The Morgan fingerprint density at radius 1 is 1.12 bits per heavy atom. The van der Waals surface area contributed by atoms with Crippen LogP contribution in [-0.4, -0.2) is 46.5 Å². The van der Waals surface area contributed by atoms with Gasteiger partial charge in [0.2, 0.25) is 5.75 Å². The van der Waals surface area contributed by atoms with Gasteiger partial charge in [-0.05, 0) is 31.9 Å². The molecule has 24 heavy (non-hydrogen) atoms. The Bertz CT molecular complexity index is 561. The molecule has 2 atom stereocenters. The SMILES string of the molecule is CCOC(=O)[C@@H]1CCCC[NH+]1Cc1ccc(OC)c(OC)c1OC. The first-order chi connectivity index (χ1) is 11.7. The number of methoxy groups -OCH3 is 3. The van der Waals surface area contributed by atoms with Crippen LogP contribution in [0.3, 0.4) is 0 Å². The molecule has 1 aliphatic heterocycles. The molecule has 0 spiro atoms. The summed E-state index contributed by atoms with van der Waals surface area (Å²) >= 11 is 0. The lowest BCUT2D eigenvalue weighted by molar-refractivity contribution is -0.935. The first-order valence-corrected chi connectivity index (χ1v) is 8.45. The van der Waals surface area contributed by atoms with Gasteiger partial charge >= 0.3 is 5.97 Å². The second-order valence-electron chi connectivity index (χ2n) is 5.88. The molecule has 0 amide bonds. The number of carbonyl (C=O) groups is 1. The van der Waals surface area contributed by atoms with E-state index in [0.29, 0.717) is 30.4 Å². The largest absolute Gasteiger partial charge is 0.493 e. The van der Waals surface area contributed by atoms with E-state index in [4.69, 9.17) is 18.9 Å². The number of hydrogen-bond donors (Lipinski definition) is 1. The Morgan fingerprint density at radius 2 is 1.88 bits per heavy atom. The van der Waals surface area contributed by atoms with Gasteiger partial charge in [0.15, 0.2) is 17.5 Å². The van der Waals surface area contributed by atoms with Crippen LogP contribution in [0, 0.1) is 0 Å². The molecule has 0 aromatic heterocycles. The summed E-state index contributed by atoms with van der Waals surface area (Å²) in [5.41, 5.74) is 1.00. The standard InChI is InChI=1S/C18H27NO5/c1-5-24-18(20)14-8-6-7-11-19(14)12-13-9-10-15(21-2)17(23-4)16(13)22-3/h9-10,14H,5-8,11-12H2,1-4H3/p+1/t14-/m0/s1. The number of ether oxygens (including phenoxy) is 4. The minimum Gasteiger partial charge on any atom is -0.493 e. The number of nitrogens with one attached hydrogen (secondary N) is 1. The molecular weight excluding hydrogens is 310 g/mol. The minimum atomic E-state index is -0.114. The van der Waals surface area contributed by atoms with E-state index in [2.05, 4.69) is 0 Å². The van der Waals surface area contributed by atoms with Crippen LogP contribution in [0.2, 0.25) is 0 Å². The molecule has 0 saturated carbocycles. The normalized spacial score (nSPS) is 20.3. The minimum absolute atomic E-state index is 0.105. The number of quaternary nitrogens is 1. The molecule has 1 heterocycles. The van der Waals surface area contributed by atoms with Crippen molar-refractivity contribution in [3.05, 3.63) is 17.7 Å². The molecule has 1 saturated heterocycles. The van der Waals surface area contributed by atoms with E-state index in [1.54, 1.807) is 21.3 Å². The summed E-state index contributed by atoms with van der Waals surface area (Å²) < 4.78 is 21.6. The number of esters is 1. The van der Waals surface area contributed by atoms with E-state index in [1.807, 2.05) is 19.1 Å². The van der Waals surface area contributed by atoms with Gasteiger partial charge in [-0.1, -0.05) is 0 Å². The van der Waals surface area contributed by atoms with Crippen LogP contribution in [0.4, 0.5) is 0 Å². The zero-order valence-corrected chi connectivity index (χ0v) is 15.0. The molecule has 1 N–H and O–H groups in total. The number of carbonyl (C=O) groups excluding carboxylic acids is 1. The van der Waals surface area contributed by atoms with Gasteiger partial charge in [-0.2, -0.15) is 0 Å². The van der Waals surface area contributed by atoms with Crippen molar-refractivity contribution in [1.82, 2.24) is 0 Å². The maximum atomic E-state index is 12.3. The monoisotopic (exact) mass is 338 g/mol. The van der Waals surface area contributed by atoms with E-state index in [1.165, 1.54) is 4.90 Å². The van der Waals surface area contributed by atoms with E-state index in [0.717, 1.165) is 31.4 Å². The van der Waals surface area contributed by atoms with E-state index >= 15 is 0 Å². The summed E-state index contributed by atoms with van der Waals surface area (Å²) in [7, 11) is 4.82. The van der Waals surface area contributed by atoms with Crippen molar-refractivity contribution in [3.63, 3.8) is 0 Å². The lowest BCUT2D eigenvalue weighted by Crippen LogP contribution is -3.16. The molecule has 2 rings (SSSR count). The summed E-state index contributed by atoms with van der Waals surface area (Å²) in [6.07, 6.45) is 3.04. The van der Waals surface area contributed by atoms with Gasteiger partial charge in [0.25, 0.3) is 0 Å². The van der Waals surface area contributed by atoms with Crippen LogP contribution in [0.5, 0.6) is 17.2 Å². The lowest BCUT2D eigenvalue weighted by Gasteiger charge is -2.31. The quantitative estimate of drug-likeness (QED) is 0.758. The second-order valence-corrected chi connectivity index (χ2v) is 5.88. The van der Waals surface area contributed by atoms with Gasteiger partial charge in [-0.3, -0.25) is 0 Å². The van der Waals surface area contributed by atoms with Crippen molar-refractivity contribution < 1.29 is 28.6 Å². The van der Waals surface area contributed by atoms with Crippen molar-refractivity contribution in [3.8, 4) is 17.2 Å². The summed E-state index contributed by atoms with van der Waals surface area (Å²) in [4.78, 5) is 13.5. The van der Waals surface area contributed by atoms with Crippen molar-refractivity contribution in [2.45, 2.75) is 38.8 Å². The van der Waals surface area contributed by atoms with E-state index in [9.17, 15) is 4.79 Å². The molecular formula is C18H28NO5+. The first-order valence-electron chi connectivity index (χ1n) is 8.45. The Labute approximate surface area is 143 Å². The lowest BCUT2D eigenvalue weighted by atomic mass is 10.0. The molecule has 6 heteroatoms. The first kappa shape index (κ1) is 18.4. The highest BCUT2D eigenvalue weighted by Gasteiger charge is 2.34. The Hall–Kier alpha value is -1.95. The van der Waals surface area contributed by atoms with Gasteiger partial charge in [0.05, 0.1) is 40.0 Å². The second kappa shape index (κ2) is 8.78. The highest BCUT2D eigenvalue weighted by Crippen LogP contribution is 2.39. The van der Waals surface area contributed by atoms with Crippen molar-refractivity contribution in [2.24, 2.45) is 0 Å². The highest BCUT2D eigenvalue weighted by molar-refractivity contribution is 5.74. The molecule has 0 radical (unpaired) electrons. The molecule has 0 bridgehead atoms. The Kier molecular flexibility index (Phi) is 6.73. The van der Waals surface area contributed by atoms with Gasteiger partial charge in [-0.15, -0.1) is 0 Å². The molecule has 1 aromatic carbocycles. The number of likely N-dealkylation sites (tertiary alicyclic amines) is 1. The number of hydrogen-bond acceptors (Lipinski definition) is 5. The number of rotatable bonds is 7. The predicted molar refractivity (Wildman–Crippen MR) is 89.9 cm³/mol. The van der Waals surface area contributed by atoms with Crippen LogP contribution >= 0.6 is 0 Å². The topological polar surface area (TPSA) is 58.4 Å². The van der Waals surface area contributed by atoms with E-state index in [-0.39, 0.29) is 12.0 Å². The van der Waals surface area contributed by atoms with Crippen LogP contribution in [0.15, 0.2) is 12.1 Å². The third-order valence-corrected chi connectivity index (χ3v) is 4.51. The molecule has 134 valence electrons. The average molecular weight is 338 g/mol. The van der Waals surface area contributed by atoms with Gasteiger partial charge in [0.1, 0.15) is 6.54 Å². The number of benzene rings is 1. The summed E-state index contributed by atoms with van der Waals surface area (Å²) in [5, 5.41) is 0. The predicted octanol–water partition coefficient (Wildman–Crippen LogP) is 1.21. The molecule has 0 aliphatic carbocycles. The molecule has 1 unspecified atom stereocenters. The average Bonchev–Trinajstić information content (AvgIpc) is 2.61. The van der Waals surface area contributed by atoms with Crippen LogP contribution < -0.4 is 19.1 Å². The van der Waals surface area contributed by atoms with Gasteiger partial charge in [0, 0.05) is 6.42 Å². The summed E-state index contributed by atoms with van der Waals surface area (Å²) in [6, 6.07) is 3.74. The van der Waals surface area contributed by atoms with Crippen molar-refractivity contribution in [2.75, 3.05) is 34.5 Å². The van der Waals surface area contributed by atoms with Crippen LogP contribution in [-0.2, 0) is 16.1 Å². The summed E-state index contributed by atoms with van der Waals surface area (Å²) in [5.74, 6) is 1.78. The molecule has 1 aromatic rings. The smallest absolute Gasteiger partial charge is 0.364 e. The van der Waals surface area contributed by atoms with Crippen molar-refractivity contribution in [1.29, 1.82) is 0 Å². The fraction of sp³-hybridized carbons (Fsp3) is 0.611.